The Morgan fingerprint density at radius 2 is 2.07 bits per heavy atom. The summed E-state index contributed by atoms with van der Waals surface area (Å²) in [5.74, 6) is -0.398. The number of carbonyl (C=O) groups excluding carboxylic acids is 1. The first-order valence-corrected chi connectivity index (χ1v) is 4.93. The SMILES string of the molecule is COC(=O)C=C(C)CC[C@@H](O)C(C)(C)O. The number of esters is 1. The number of hydrogen-bond donors (Lipinski definition) is 2. The van der Waals surface area contributed by atoms with E-state index in [9.17, 15) is 15.0 Å². The lowest BCUT2D eigenvalue weighted by atomic mass is 9.96. The van der Waals surface area contributed by atoms with Crippen LogP contribution < -0.4 is 0 Å². The van der Waals surface area contributed by atoms with Crippen molar-refractivity contribution in [1.29, 1.82) is 0 Å². The van der Waals surface area contributed by atoms with Crippen LogP contribution in [0.5, 0.6) is 0 Å². The van der Waals surface area contributed by atoms with Gasteiger partial charge in [0.25, 0.3) is 0 Å². The third kappa shape index (κ3) is 6.25. The molecule has 15 heavy (non-hydrogen) atoms. The first-order chi connectivity index (χ1) is 6.77. The van der Waals surface area contributed by atoms with Crippen molar-refractivity contribution in [3.05, 3.63) is 11.6 Å². The first kappa shape index (κ1) is 14.1. The van der Waals surface area contributed by atoms with E-state index >= 15 is 0 Å². The predicted octanol–water partition coefficient (Wildman–Crippen LogP) is 1.02. The van der Waals surface area contributed by atoms with E-state index in [0.29, 0.717) is 12.8 Å². The summed E-state index contributed by atoms with van der Waals surface area (Å²) in [6.07, 6.45) is 1.57. The zero-order chi connectivity index (χ0) is 12.1. The van der Waals surface area contributed by atoms with Gasteiger partial charge in [0.2, 0.25) is 0 Å². The van der Waals surface area contributed by atoms with Crippen LogP contribution in [-0.2, 0) is 9.53 Å². The van der Waals surface area contributed by atoms with Crippen LogP contribution in [0.1, 0.15) is 33.6 Å². The molecule has 0 saturated heterocycles. The molecule has 88 valence electrons. The lowest BCUT2D eigenvalue weighted by molar-refractivity contribution is -0.134. The summed E-state index contributed by atoms with van der Waals surface area (Å²) in [6.45, 7) is 4.89. The number of methoxy groups -OCH3 is 1. The fourth-order valence-corrected chi connectivity index (χ4v) is 1.05. The molecule has 0 saturated carbocycles. The summed E-state index contributed by atoms with van der Waals surface area (Å²) in [6, 6.07) is 0. The standard InChI is InChI=1S/C11H20O4/c1-8(7-10(13)15-4)5-6-9(12)11(2,3)14/h7,9,12,14H,5-6H2,1-4H3/t9-/m1/s1. The van der Waals surface area contributed by atoms with E-state index < -0.39 is 17.7 Å². The maximum absolute atomic E-state index is 10.9. The van der Waals surface area contributed by atoms with Crippen molar-refractivity contribution < 1.29 is 19.7 Å². The second-order valence-electron chi connectivity index (χ2n) is 4.22. The molecule has 0 unspecified atom stereocenters. The molecule has 0 aromatic carbocycles. The zero-order valence-corrected chi connectivity index (χ0v) is 9.78. The minimum absolute atomic E-state index is 0.398. The summed E-state index contributed by atoms with van der Waals surface area (Å²) in [5, 5.41) is 19.0. The Bertz CT molecular complexity index is 237. The third-order valence-electron chi connectivity index (χ3n) is 2.19. The van der Waals surface area contributed by atoms with Crippen LogP contribution in [0.15, 0.2) is 11.6 Å². The van der Waals surface area contributed by atoms with Crippen LogP contribution >= 0.6 is 0 Å². The van der Waals surface area contributed by atoms with E-state index in [0.717, 1.165) is 5.57 Å². The number of hydrogen-bond acceptors (Lipinski definition) is 4. The van der Waals surface area contributed by atoms with Crippen molar-refractivity contribution in [2.75, 3.05) is 7.11 Å². The number of aliphatic hydroxyl groups excluding tert-OH is 1. The summed E-state index contributed by atoms with van der Waals surface area (Å²) in [7, 11) is 1.32. The monoisotopic (exact) mass is 216 g/mol. The van der Waals surface area contributed by atoms with Crippen molar-refractivity contribution in [2.24, 2.45) is 0 Å². The Morgan fingerprint density at radius 1 is 1.53 bits per heavy atom. The van der Waals surface area contributed by atoms with Crippen molar-refractivity contribution >= 4 is 5.97 Å². The van der Waals surface area contributed by atoms with Crippen molar-refractivity contribution in [3.63, 3.8) is 0 Å². The average molecular weight is 216 g/mol. The number of ether oxygens (including phenoxy) is 1. The molecule has 0 spiro atoms. The normalized spacial score (nSPS) is 14.9. The Labute approximate surface area is 90.6 Å². The second-order valence-corrected chi connectivity index (χ2v) is 4.22. The molecule has 1 atom stereocenters. The molecule has 2 N–H and O–H groups in total. The third-order valence-corrected chi connectivity index (χ3v) is 2.19. The van der Waals surface area contributed by atoms with Crippen molar-refractivity contribution in [1.82, 2.24) is 0 Å². The highest BCUT2D eigenvalue weighted by Crippen LogP contribution is 2.16. The van der Waals surface area contributed by atoms with Gasteiger partial charge in [0.1, 0.15) is 0 Å². The molecule has 4 heteroatoms. The summed E-state index contributed by atoms with van der Waals surface area (Å²) in [5.41, 5.74) is -0.281. The molecule has 0 amide bonds. The second kappa shape index (κ2) is 5.88. The number of allylic oxidation sites excluding steroid dienone is 1. The van der Waals surface area contributed by atoms with Crippen LogP contribution in [0.2, 0.25) is 0 Å². The van der Waals surface area contributed by atoms with E-state index in [2.05, 4.69) is 4.74 Å². The van der Waals surface area contributed by atoms with Crippen LogP contribution in [0.25, 0.3) is 0 Å². The number of aliphatic hydroxyl groups is 2. The molecule has 0 aromatic heterocycles. The fraction of sp³-hybridized carbons (Fsp3) is 0.727. The Morgan fingerprint density at radius 3 is 2.47 bits per heavy atom. The Hall–Kier alpha value is -0.870. The zero-order valence-electron chi connectivity index (χ0n) is 9.78. The van der Waals surface area contributed by atoms with Gasteiger partial charge in [0.15, 0.2) is 0 Å². The predicted molar refractivity (Wildman–Crippen MR) is 57.3 cm³/mol. The molecule has 0 aromatic rings. The Kier molecular flexibility index (Phi) is 5.54. The van der Waals surface area contributed by atoms with E-state index in [1.165, 1.54) is 13.2 Å². The molecule has 0 fully saturated rings. The molecular formula is C11H20O4. The van der Waals surface area contributed by atoms with Gasteiger partial charge in [-0.1, -0.05) is 5.57 Å². The van der Waals surface area contributed by atoms with Gasteiger partial charge in [-0.25, -0.2) is 4.79 Å². The van der Waals surface area contributed by atoms with Gasteiger partial charge in [-0.2, -0.15) is 0 Å². The van der Waals surface area contributed by atoms with Gasteiger partial charge in [-0.3, -0.25) is 0 Å². The molecule has 0 heterocycles. The van der Waals surface area contributed by atoms with Crippen LogP contribution in [0.4, 0.5) is 0 Å². The maximum Gasteiger partial charge on any atom is 0.330 e. The highest BCUT2D eigenvalue weighted by atomic mass is 16.5. The molecule has 0 radical (unpaired) electrons. The topological polar surface area (TPSA) is 66.8 Å². The fourth-order valence-electron chi connectivity index (χ4n) is 1.05. The van der Waals surface area contributed by atoms with E-state index in [4.69, 9.17) is 0 Å². The van der Waals surface area contributed by atoms with Gasteiger partial charge >= 0.3 is 5.97 Å². The summed E-state index contributed by atoms with van der Waals surface area (Å²) >= 11 is 0. The van der Waals surface area contributed by atoms with Gasteiger partial charge in [-0.15, -0.1) is 0 Å². The van der Waals surface area contributed by atoms with Gasteiger partial charge < -0.3 is 14.9 Å². The van der Waals surface area contributed by atoms with Crippen LogP contribution in [0, 0.1) is 0 Å². The highest BCUT2D eigenvalue weighted by molar-refractivity contribution is 5.82. The van der Waals surface area contributed by atoms with E-state index in [1.54, 1.807) is 20.8 Å². The lowest BCUT2D eigenvalue weighted by Crippen LogP contribution is -2.35. The highest BCUT2D eigenvalue weighted by Gasteiger charge is 2.23. The van der Waals surface area contributed by atoms with Gasteiger partial charge in [0.05, 0.1) is 18.8 Å². The number of rotatable bonds is 5. The van der Waals surface area contributed by atoms with E-state index in [-0.39, 0.29) is 0 Å². The number of carbonyl (C=O) groups is 1. The maximum atomic E-state index is 10.9. The minimum atomic E-state index is -1.11. The quantitative estimate of drug-likeness (QED) is 0.532. The first-order valence-electron chi connectivity index (χ1n) is 4.93. The van der Waals surface area contributed by atoms with Crippen LogP contribution in [0.3, 0.4) is 0 Å². The minimum Gasteiger partial charge on any atom is -0.466 e. The molecule has 0 aliphatic rings. The molecule has 4 nitrogen and oxygen atoms in total. The Balaban J connectivity index is 4.06. The summed E-state index contributed by atoms with van der Waals surface area (Å²) in [4.78, 5) is 10.9. The largest absolute Gasteiger partial charge is 0.466 e. The van der Waals surface area contributed by atoms with Crippen molar-refractivity contribution in [2.45, 2.75) is 45.3 Å². The van der Waals surface area contributed by atoms with Gasteiger partial charge in [-0.05, 0) is 33.6 Å². The molecular weight excluding hydrogens is 196 g/mol. The van der Waals surface area contributed by atoms with Crippen molar-refractivity contribution in [3.8, 4) is 0 Å². The summed E-state index contributed by atoms with van der Waals surface area (Å²) < 4.78 is 4.47. The molecule has 0 aliphatic heterocycles. The molecule has 0 aliphatic carbocycles. The van der Waals surface area contributed by atoms with Gasteiger partial charge in [0, 0.05) is 6.08 Å². The van der Waals surface area contributed by atoms with E-state index in [1.807, 2.05) is 0 Å². The lowest BCUT2D eigenvalue weighted by Gasteiger charge is -2.24. The van der Waals surface area contributed by atoms with Crippen LogP contribution in [-0.4, -0.2) is 35.0 Å². The average Bonchev–Trinajstić information content (AvgIpc) is 2.12. The molecule has 0 rings (SSSR count). The molecule has 0 bridgehead atoms. The smallest absolute Gasteiger partial charge is 0.330 e.